The minimum atomic E-state index is -1.33. The molecule has 2 unspecified atom stereocenters. The van der Waals surface area contributed by atoms with Gasteiger partial charge in [-0.2, -0.15) is 0 Å². The molecule has 0 aliphatic heterocycles. The van der Waals surface area contributed by atoms with Crippen molar-refractivity contribution in [3.8, 4) is 0 Å². The number of aryl methyl sites for hydroxylation is 1. The molecule has 33 heavy (non-hydrogen) atoms. The Balaban J connectivity index is 3.31. The molecule has 10 heteroatoms. The molecule has 2 atom stereocenters. The number of alkyl carbamates (subject to hydrolysis) is 1. The molecule has 0 aliphatic carbocycles. The third-order valence-corrected chi connectivity index (χ3v) is 4.60. The minimum absolute atomic E-state index is 0.163. The Hall–Kier alpha value is -3.14. The molecule has 1 aromatic rings. The Kier molecular flexibility index (Phi) is 10.8. The number of esters is 1. The average molecular weight is 466 g/mol. The highest BCUT2D eigenvalue weighted by Gasteiger charge is 2.36. The Morgan fingerprint density at radius 3 is 2.30 bits per heavy atom. The Bertz CT molecular complexity index is 836. The fourth-order valence-electron chi connectivity index (χ4n) is 3.12. The van der Waals surface area contributed by atoms with Crippen molar-refractivity contribution in [3.05, 3.63) is 35.4 Å². The van der Waals surface area contributed by atoms with E-state index in [0.717, 1.165) is 5.56 Å². The van der Waals surface area contributed by atoms with Crippen molar-refractivity contribution in [3.63, 3.8) is 0 Å². The van der Waals surface area contributed by atoms with Crippen molar-refractivity contribution in [1.82, 2.24) is 15.5 Å². The summed E-state index contributed by atoms with van der Waals surface area (Å²) in [6, 6.07) is 4.62. The summed E-state index contributed by atoms with van der Waals surface area (Å²) in [5.74, 6) is -1.89. The summed E-state index contributed by atoms with van der Waals surface area (Å²) in [5, 5.41) is 14.7. The zero-order valence-electron chi connectivity index (χ0n) is 20.1. The second-order valence-electron chi connectivity index (χ2n) is 8.47. The van der Waals surface area contributed by atoms with E-state index in [1.165, 1.54) is 12.0 Å². The highest BCUT2D eigenvalue weighted by atomic mass is 16.6. The molecule has 0 fully saturated rings. The summed E-state index contributed by atoms with van der Waals surface area (Å²) in [7, 11) is 1.20. The third-order valence-electron chi connectivity index (χ3n) is 4.60. The molecular formula is C23H35N3O7. The van der Waals surface area contributed by atoms with Crippen LogP contribution in [0, 0.1) is 6.92 Å². The summed E-state index contributed by atoms with van der Waals surface area (Å²) in [6.45, 7) is 7.75. The Morgan fingerprint density at radius 2 is 1.79 bits per heavy atom. The molecule has 0 aromatic heterocycles. The van der Waals surface area contributed by atoms with Crippen molar-refractivity contribution in [2.75, 3.05) is 26.8 Å². The lowest BCUT2D eigenvalue weighted by Crippen LogP contribution is -2.54. The number of carbonyl (C=O) groups is 4. The lowest BCUT2D eigenvalue weighted by Gasteiger charge is -2.34. The third kappa shape index (κ3) is 8.72. The van der Waals surface area contributed by atoms with Gasteiger partial charge >= 0.3 is 12.1 Å². The van der Waals surface area contributed by atoms with E-state index >= 15 is 0 Å². The molecule has 0 aliphatic rings. The van der Waals surface area contributed by atoms with Crippen LogP contribution in [0.25, 0.3) is 0 Å². The SMILES string of the molecule is CCCN(C(=O)C(CO)NC(=O)OC(C)(C)C)C(C(=O)NCC(=O)OC)c1ccccc1C. The summed E-state index contributed by atoms with van der Waals surface area (Å²) in [6.07, 6.45) is -0.364. The van der Waals surface area contributed by atoms with E-state index in [-0.39, 0.29) is 13.1 Å². The van der Waals surface area contributed by atoms with E-state index < -0.39 is 48.2 Å². The second-order valence-corrected chi connectivity index (χ2v) is 8.47. The molecular weight excluding hydrogens is 430 g/mol. The molecule has 0 saturated carbocycles. The number of nitrogens with zero attached hydrogens (tertiary/aromatic N) is 1. The number of aliphatic hydroxyl groups excluding tert-OH is 1. The van der Waals surface area contributed by atoms with Gasteiger partial charge < -0.3 is 30.1 Å². The van der Waals surface area contributed by atoms with Crippen LogP contribution in [0.15, 0.2) is 24.3 Å². The molecule has 3 N–H and O–H groups in total. The molecule has 3 amide bonds. The molecule has 0 bridgehead atoms. The summed E-state index contributed by atoms with van der Waals surface area (Å²) >= 11 is 0. The van der Waals surface area contributed by atoms with Crippen LogP contribution in [0.2, 0.25) is 0 Å². The number of carbonyl (C=O) groups excluding carboxylic acids is 4. The quantitative estimate of drug-likeness (QED) is 0.445. The number of aliphatic hydroxyl groups is 1. The molecule has 10 nitrogen and oxygen atoms in total. The van der Waals surface area contributed by atoms with Crippen LogP contribution < -0.4 is 10.6 Å². The first-order valence-corrected chi connectivity index (χ1v) is 10.8. The van der Waals surface area contributed by atoms with Gasteiger partial charge in [0.2, 0.25) is 11.8 Å². The highest BCUT2D eigenvalue weighted by molar-refractivity contribution is 5.93. The minimum Gasteiger partial charge on any atom is -0.468 e. The van der Waals surface area contributed by atoms with Crippen LogP contribution in [-0.2, 0) is 23.9 Å². The van der Waals surface area contributed by atoms with Gasteiger partial charge in [0.1, 0.15) is 24.2 Å². The van der Waals surface area contributed by atoms with Gasteiger partial charge in [0.25, 0.3) is 0 Å². The molecule has 0 saturated heterocycles. The predicted molar refractivity (Wildman–Crippen MR) is 121 cm³/mol. The highest BCUT2D eigenvalue weighted by Crippen LogP contribution is 2.25. The normalized spacial score (nSPS) is 12.8. The van der Waals surface area contributed by atoms with E-state index in [9.17, 15) is 24.3 Å². The lowest BCUT2D eigenvalue weighted by molar-refractivity contribution is -0.145. The standard InChI is InChI=1S/C23H35N3O7/c1-7-12-26(21(30)17(14-27)25-22(31)33-23(3,4)5)19(16-11-9-8-10-15(16)2)20(29)24-13-18(28)32-6/h8-11,17,19,27H,7,12-14H2,1-6H3,(H,24,29)(H,25,31). The number of rotatable bonds is 10. The molecule has 0 spiro atoms. The molecule has 1 rings (SSSR count). The van der Waals surface area contributed by atoms with Crippen LogP contribution in [0.5, 0.6) is 0 Å². The van der Waals surface area contributed by atoms with E-state index in [1.807, 2.05) is 6.92 Å². The number of ether oxygens (including phenoxy) is 2. The van der Waals surface area contributed by atoms with Gasteiger partial charge in [-0.15, -0.1) is 0 Å². The summed E-state index contributed by atoms with van der Waals surface area (Å²) in [4.78, 5) is 51.6. The molecule has 184 valence electrons. The maximum Gasteiger partial charge on any atom is 0.408 e. The largest absolute Gasteiger partial charge is 0.468 e. The van der Waals surface area contributed by atoms with Gasteiger partial charge in [0.05, 0.1) is 13.7 Å². The number of hydrogen-bond acceptors (Lipinski definition) is 7. The fraction of sp³-hybridized carbons (Fsp3) is 0.565. The number of nitrogens with one attached hydrogen (secondary N) is 2. The fourth-order valence-corrected chi connectivity index (χ4v) is 3.12. The second kappa shape index (κ2) is 12.8. The van der Waals surface area contributed by atoms with Gasteiger partial charge in [-0.3, -0.25) is 14.4 Å². The van der Waals surface area contributed by atoms with Crippen molar-refractivity contribution < 1.29 is 33.8 Å². The van der Waals surface area contributed by atoms with Crippen LogP contribution in [-0.4, -0.2) is 72.3 Å². The predicted octanol–water partition coefficient (Wildman–Crippen LogP) is 1.45. The Morgan fingerprint density at radius 1 is 1.15 bits per heavy atom. The van der Waals surface area contributed by atoms with E-state index in [0.29, 0.717) is 12.0 Å². The van der Waals surface area contributed by atoms with Gasteiger partial charge in [-0.1, -0.05) is 31.2 Å². The van der Waals surface area contributed by atoms with E-state index in [2.05, 4.69) is 15.4 Å². The van der Waals surface area contributed by atoms with Crippen LogP contribution in [0.3, 0.4) is 0 Å². The van der Waals surface area contributed by atoms with E-state index in [4.69, 9.17) is 4.74 Å². The number of hydrogen-bond donors (Lipinski definition) is 3. The first kappa shape index (κ1) is 27.9. The number of methoxy groups -OCH3 is 1. The van der Waals surface area contributed by atoms with Crippen LogP contribution in [0.1, 0.15) is 51.3 Å². The first-order chi connectivity index (χ1) is 15.4. The van der Waals surface area contributed by atoms with E-state index in [1.54, 1.807) is 52.0 Å². The molecule has 0 radical (unpaired) electrons. The monoisotopic (exact) mass is 465 g/mol. The van der Waals surface area contributed by atoms with Gasteiger partial charge in [0, 0.05) is 6.54 Å². The Labute approximate surface area is 194 Å². The maximum atomic E-state index is 13.4. The van der Waals surface area contributed by atoms with Gasteiger partial charge in [-0.25, -0.2) is 4.79 Å². The molecule has 0 heterocycles. The number of amides is 3. The van der Waals surface area contributed by atoms with Gasteiger partial charge in [0.15, 0.2) is 0 Å². The van der Waals surface area contributed by atoms with Crippen LogP contribution in [0.4, 0.5) is 4.79 Å². The van der Waals surface area contributed by atoms with Crippen LogP contribution >= 0.6 is 0 Å². The summed E-state index contributed by atoms with van der Waals surface area (Å²) < 4.78 is 9.76. The summed E-state index contributed by atoms with van der Waals surface area (Å²) in [5.41, 5.74) is 0.508. The number of benzene rings is 1. The first-order valence-electron chi connectivity index (χ1n) is 10.8. The zero-order valence-corrected chi connectivity index (χ0v) is 20.1. The smallest absolute Gasteiger partial charge is 0.408 e. The van der Waals surface area contributed by atoms with Crippen molar-refractivity contribution >= 4 is 23.9 Å². The molecule has 1 aromatic carbocycles. The maximum absolute atomic E-state index is 13.4. The van der Waals surface area contributed by atoms with Crippen molar-refractivity contribution in [1.29, 1.82) is 0 Å². The van der Waals surface area contributed by atoms with Gasteiger partial charge in [-0.05, 0) is 45.2 Å². The topological polar surface area (TPSA) is 134 Å². The van der Waals surface area contributed by atoms with Crippen molar-refractivity contribution in [2.24, 2.45) is 0 Å². The zero-order chi connectivity index (χ0) is 25.2. The lowest BCUT2D eigenvalue weighted by atomic mass is 9.98. The average Bonchev–Trinajstić information content (AvgIpc) is 2.74. The van der Waals surface area contributed by atoms with Crippen molar-refractivity contribution in [2.45, 2.75) is 58.7 Å².